The first-order chi connectivity index (χ1) is 9.54. The van der Waals surface area contributed by atoms with Crippen LogP contribution in [0.5, 0.6) is 0 Å². The van der Waals surface area contributed by atoms with Crippen LogP contribution in [0.1, 0.15) is 10.6 Å². The van der Waals surface area contributed by atoms with Gasteiger partial charge in [0, 0.05) is 10.7 Å². The van der Waals surface area contributed by atoms with Crippen molar-refractivity contribution in [2.75, 3.05) is 11.1 Å². The number of benzene rings is 1. The third kappa shape index (κ3) is 4.04. The minimum atomic E-state index is -1.14. The topological polar surface area (TPSA) is 79.5 Å². The van der Waals surface area contributed by atoms with E-state index in [9.17, 15) is 9.59 Å². The molecule has 0 spiro atoms. The van der Waals surface area contributed by atoms with Crippen molar-refractivity contribution in [2.45, 2.75) is 5.09 Å². The van der Waals surface area contributed by atoms with E-state index < -0.39 is 5.97 Å². The Morgan fingerprint density at radius 2 is 2.10 bits per heavy atom. The van der Waals surface area contributed by atoms with Gasteiger partial charge in [-0.25, -0.2) is 4.79 Å². The third-order valence-corrected chi connectivity index (χ3v) is 3.39. The van der Waals surface area contributed by atoms with Crippen molar-refractivity contribution in [3.63, 3.8) is 0 Å². The molecule has 2 rings (SSSR count). The predicted molar refractivity (Wildman–Crippen MR) is 76.5 cm³/mol. The van der Waals surface area contributed by atoms with E-state index in [-0.39, 0.29) is 17.4 Å². The van der Waals surface area contributed by atoms with Gasteiger partial charge in [0.05, 0.1) is 5.75 Å². The lowest BCUT2D eigenvalue weighted by atomic mass is 10.3. The Hall–Kier alpha value is -1.92. The molecule has 1 aromatic heterocycles. The zero-order chi connectivity index (χ0) is 14.5. The average Bonchev–Trinajstić information content (AvgIpc) is 2.85. The molecule has 1 amide bonds. The second kappa shape index (κ2) is 6.49. The fourth-order valence-corrected chi connectivity index (χ4v) is 2.26. The number of halogens is 1. The number of furan rings is 1. The number of thioether (sulfide) groups is 1. The average molecular weight is 312 g/mol. The molecule has 1 heterocycles. The number of aromatic carboxylic acids is 1. The van der Waals surface area contributed by atoms with Gasteiger partial charge in [0.1, 0.15) is 0 Å². The van der Waals surface area contributed by atoms with E-state index in [0.29, 0.717) is 15.8 Å². The zero-order valence-corrected chi connectivity index (χ0v) is 11.7. The van der Waals surface area contributed by atoms with Gasteiger partial charge in [-0.05, 0) is 30.3 Å². The van der Waals surface area contributed by atoms with Crippen LogP contribution >= 0.6 is 23.4 Å². The van der Waals surface area contributed by atoms with E-state index in [1.54, 1.807) is 24.3 Å². The quantitative estimate of drug-likeness (QED) is 0.828. The maximum absolute atomic E-state index is 11.7. The van der Waals surface area contributed by atoms with Crippen LogP contribution in [0.4, 0.5) is 5.69 Å². The van der Waals surface area contributed by atoms with E-state index in [0.717, 1.165) is 11.8 Å². The summed E-state index contributed by atoms with van der Waals surface area (Å²) < 4.78 is 5.03. The Balaban J connectivity index is 1.87. The highest BCUT2D eigenvalue weighted by Gasteiger charge is 2.11. The number of carbonyl (C=O) groups is 2. The Morgan fingerprint density at radius 1 is 1.30 bits per heavy atom. The summed E-state index contributed by atoms with van der Waals surface area (Å²) in [7, 11) is 0. The fourth-order valence-electron chi connectivity index (χ4n) is 1.41. The van der Waals surface area contributed by atoms with Gasteiger partial charge in [0.2, 0.25) is 11.7 Å². The van der Waals surface area contributed by atoms with Gasteiger partial charge < -0.3 is 14.8 Å². The first-order valence-corrected chi connectivity index (χ1v) is 6.92. The highest BCUT2D eigenvalue weighted by Crippen LogP contribution is 2.21. The van der Waals surface area contributed by atoms with Gasteiger partial charge >= 0.3 is 5.97 Å². The van der Waals surface area contributed by atoms with Gasteiger partial charge in [-0.1, -0.05) is 29.4 Å². The molecule has 0 atom stereocenters. The second-order valence-electron chi connectivity index (χ2n) is 3.77. The molecule has 0 aliphatic heterocycles. The first-order valence-electron chi connectivity index (χ1n) is 5.56. The lowest BCUT2D eigenvalue weighted by Gasteiger charge is -2.04. The highest BCUT2D eigenvalue weighted by molar-refractivity contribution is 7.99. The van der Waals surface area contributed by atoms with E-state index in [4.69, 9.17) is 21.1 Å². The number of carboxylic acids is 1. The van der Waals surface area contributed by atoms with Crippen LogP contribution in [0.25, 0.3) is 0 Å². The van der Waals surface area contributed by atoms with Crippen molar-refractivity contribution in [3.8, 4) is 0 Å². The van der Waals surface area contributed by atoms with Crippen molar-refractivity contribution >= 4 is 40.9 Å². The Labute approximate surface area is 123 Å². The van der Waals surface area contributed by atoms with Crippen molar-refractivity contribution < 1.29 is 19.1 Å². The van der Waals surface area contributed by atoms with E-state index >= 15 is 0 Å². The smallest absolute Gasteiger partial charge is 0.371 e. The summed E-state index contributed by atoms with van der Waals surface area (Å²) in [5.74, 6) is -1.41. The van der Waals surface area contributed by atoms with E-state index in [1.807, 2.05) is 0 Å². The molecule has 0 aliphatic carbocycles. The summed E-state index contributed by atoms with van der Waals surface area (Å²) in [6, 6.07) is 9.67. The third-order valence-electron chi connectivity index (χ3n) is 2.25. The van der Waals surface area contributed by atoms with Gasteiger partial charge in [0.15, 0.2) is 5.09 Å². The fraction of sp³-hybridized carbons (Fsp3) is 0.0769. The molecule has 0 saturated heterocycles. The Bertz CT molecular complexity index is 641. The van der Waals surface area contributed by atoms with Crippen molar-refractivity contribution in [1.29, 1.82) is 0 Å². The number of rotatable bonds is 5. The standard InChI is InChI=1S/C13H10ClNO4S/c14-8-2-1-3-9(6-8)15-11(16)7-20-12-5-4-10(19-12)13(17)18/h1-6H,7H2,(H,15,16)(H,17,18). The monoisotopic (exact) mass is 311 g/mol. The molecule has 1 aromatic carbocycles. The largest absolute Gasteiger partial charge is 0.475 e. The number of carbonyl (C=O) groups excluding carboxylic acids is 1. The molecular formula is C13H10ClNO4S. The van der Waals surface area contributed by atoms with Crippen LogP contribution in [0.2, 0.25) is 5.02 Å². The van der Waals surface area contributed by atoms with Crippen LogP contribution in [-0.2, 0) is 4.79 Å². The summed E-state index contributed by atoms with van der Waals surface area (Å²) in [6.07, 6.45) is 0. The van der Waals surface area contributed by atoms with E-state index in [2.05, 4.69) is 5.32 Å². The molecule has 20 heavy (non-hydrogen) atoms. The van der Waals surface area contributed by atoms with Gasteiger partial charge in [-0.3, -0.25) is 4.79 Å². The van der Waals surface area contributed by atoms with Crippen molar-refractivity contribution in [1.82, 2.24) is 0 Å². The molecule has 2 aromatic rings. The molecule has 104 valence electrons. The number of hydrogen-bond acceptors (Lipinski definition) is 4. The number of anilines is 1. The van der Waals surface area contributed by atoms with Crippen LogP contribution < -0.4 is 5.32 Å². The van der Waals surface area contributed by atoms with Crippen LogP contribution in [-0.4, -0.2) is 22.7 Å². The number of nitrogens with one attached hydrogen (secondary N) is 1. The molecular weight excluding hydrogens is 302 g/mol. The molecule has 0 radical (unpaired) electrons. The van der Waals surface area contributed by atoms with Crippen LogP contribution in [0, 0.1) is 0 Å². The summed E-state index contributed by atoms with van der Waals surface area (Å²) in [6.45, 7) is 0. The minimum absolute atomic E-state index is 0.110. The molecule has 0 bridgehead atoms. The van der Waals surface area contributed by atoms with Crippen molar-refractivity contribution in [3.05, 3.63) is 47.2 Å². The van der Waals surface area contributed by atoms with E-state index in [1.165, 1.54) is 12.1 Å². The summed E-state index contributed by atoms with van der Waals surface area (Å²) >= 11 is 6.92. The van der Waals surface area contributed by atoms with Gasteiger partial charge in [-0.2, -0.15) is 0 Å². The van der Waals surface area contributed by atoms with Crippen LogP contribution in [0.3, 0.4) is 0 Å². The Morgan fingerprint density at radius 3 is 2.75 bits per heavy atom. The highest BCUT2D eigenvalue weighted by atomic mass is 35.5. The number of carboxylic acid groups (broad SMARTS) is 1. The molecule has 0 fully saturated rings. The van der Waals surface area contributed by atoms with Gasteiger partial charge in [-0.15, -0.1) is 0 Å². The Kier molecular flexibility index (Phi) is 4.70. The van der Waals surface area contributed by atoms with Crippen LogP contribution in [0.15, 0.2) is 45.9 Å². The molecule has 7 heteroatoms. The molecule has 0 unspecified atom stereocenters. The SMILES string of the molecule is O=C(CSc1ccc(C(=O)O)o1)Nc1cccc(Cl)c1. The number of amides is 1. The lowest BCUT2D eigenvalue weighted by Crippen LogP contribution is -2.13. The summed E-state index contributed by atoms with van der Waals surface area (Å²) in [5, 5.41) is 12.3. The lowest BCUT2D eigenvalue weighted by molar-refractivity contribution is -0.113. The summed E-state index contributed by atoms with van der Waals surface area (Å²) in [5.41, 5.74) is 0.605. The van der Waals surface area contributed by atoms with Gasteiger partial charge in [0.25, 0.3) is 0 Å². The molecule has 0 saturated carbocycles. The summed E-state index contributed by atoms with van der Waals surface area (Å²) in [4.78, 5) is 22.3. The predicted octanol–water partition coefficient (Wildman–Crippen LogP) is 3.36. The maximum atomic E-state index is 11.7. The number of hydrogen-bond donors (Lipinski definition) is 2. The zero-order valence-electron chi connectivity index (χ0n) is 10.1. The van der Waals surface area contributed by atoms with Crippen molar-refractivity contribution in [2.24, 2.45) is 0 Å². The maximum Gasteiger partial charge on any atom is 0.371 e. The minimum Gasteiger partial charge on any atom is -0.475 e. The molecule has 5 nitrogen and oxygen atoms in total. The second-order valence-corrected chi connectivity index (χ2v) is 5.19. The first kappa shape index (κ1) is 14.5. The molecule has 0 aliphatic rings. The normalized spacial score (nSPS) is 10.2. The molecule has 2 N–H and O–H groups in total.